The Labute approximate surface area is 111 Å². The van der Waals surface area contributed by atoms with Gasteiger partial charge in [-0.15, -0.1) is 0 Å². The second kappa shape index (κ2) is 7.26. The number of aryl methyl sites for hydroxylation is 1. The van der Waals surface area contributed by atoms with Gasteiger partial charge in [-0.05, 0) is 38.7 Å². The van der Waals surface area contributed by atoms with Crippen molar-refractivity contribution in [1.82, 2.24) is 0 Å². The maximum absolute atomic E-state index is 9.38. The lowest BCUT2D eigenvalue weighted by Crippen LogP contribution is -1.86. The van der Waals surface area contributed by atoms with Crippen LogP contribution in [0.1, 0.15) is 18.4 Å². The molecule has 1 rings (SSSR count). The van der Waals surface area contributed by atoms with Crippen molar-refractivity contribution < 1.29 is 5.11 Å². The molecule has 1 nitrogen and oxygen atoms in total. The number of hydrogen-bond acceptors (Lipinski definition) is 2. The zero-order valence-corrected chi connectivity index (χ0v) is 11.7. The van der Waals surface area contributed by atoms with Gasteiger partial charge in [0.05, 0.1) is 5.02 Å². The Morgan fingerprint density at radius 1 is 1.47 bits per heavy atom. The van der Waals surface area contributed by atoms with Crippen molar-refractivity contribution in [2.24, 2.45) is 0 Å². The number of phenolic OH excluding ortho intramolecular Hbond substituents is 1. The summed E-state index contributed by atoms with van der Waals surface area (Å²) in [5, 5.41) is 12.8. The molecule has 0 fully saturated rings. The van der Waals surface area contributed by atoms with Crippen LogP contribution in [0, 0.1) is 11.2 Å². The van der Waals surface area contributed by atoms with Crippen molar-refractivity contribution >= 4 is 41.7 Å². The molecule has 0 saturated heterocycles. The number of rotatable bonds is 3. The normalized spacial score (nSPS) is 9.47. The highest BCUT2D eigenvalue weighted by Gasteiger charge is 2.03. The Bertz CT molecular complexity index is 384. The minimum Gasteiger partial charge on any atom is -0.506 e. The summed E-state index contributed by atoms with van der Waals surface area (Å²) in [5.74, 6) is 3.19. The number of halogens is 2. The van der Waals surface area contributed by atoms with E-state index in [9.17, 15) is 5.11 Å². The second-order valence-electron chi connectivity index (χ2n) is 2.96. The Morgan fingerprint density at radius 3 is 3.00 bits per heavy atom. The lowest BCUT2D eigenvalue weighted by Gasteiger charge is -2.03. The van der Waals surface area contributed by atoms with Crippen LogP contribution in [0.2, 0.25) is 5.02 Å². The summed E-state index contributed by atoms with van der Waals surface area (Å²) >= 11 is 8.09. The van der Waals surface area contributed by atoms with Crippen LogP contribution in [0.15, 0.2) is 18.2 Å². The number of phenols is 1. The van der Waals surface area contributed by atoms with Gasteiger partial charge in [0.25, 0.3) is 0 Å². The molecule has 0 radical (unpaired) electrons. The van der Waals surface area contributed by atoms with Crippen LogP contribution in [0.25, 0.3) is 0 Å². The Kier molecular flexibility index (Phi) is 6.30. The molecule has 0 atom stereocenters. The van der Waals surface area contributed by atoms with Crippen LogP contribution in [-0.2, 0) is 6.42 Å². The third kappa shape index (κ3) is 4.54. The molecule has 0 aliphatic heterocycles. The molecule has 4 heteroatoms. The molecular weight excluding hydrogens is 343 g/mol. The van der Waals surface area contributed by atoms with Crippen LogP contribution >= 0.6 is 41.7 Å². The van der Waals surface area contributed by atoms with Crippen molar-refractivity contribution in [3.8, 4) is 16.9 Å². The molecule has 80 valence electrons. The predicted molar refractivity (Wildman–Crippen MR) is 75.4 cm³/mol. The third-order valence-corrected chi connectivity index (χ3v) is 3.24. The van der Waals surface area contributed by atoms with Crippen molar-refractivity contribution in [3.05, 3.63) is 28.8 Å². The van der Waals surface area contributed by atoms with Gasteiger partial charge in [0.2, 0.25) is 0 Å². The third-order valence-electron chi connectivity index (χ3n) is 1.92. The fourth-order valence-electron chi connectivity index (χ4n) is 1.20. The lowest BCUT2D eigenvalue weighted by molar-refractivity contribution is 0.474. The zero-order valence-electron chi connectivity index (χ0n) is 7.96. The van der Waals surface area contributed by atoms with Gasteiger partial charge in [0.15, 0.2) is 0 Å². The van der Waals surface area contributed by atoms with Crippen molar-refractivity contribution in [2.75, 3.05) is 0 Å². The molecule has 1 N–H and O–H groups in total. The fraction of sp³-hybridized carbons (Fsp3) is 0.273. The Balaban J connectivity index is 2.47. The number of aromatic hydroxyl groups is 1. The van der Waals surface area contributed by atoms with E-state index in [0.29, 0.717) is 5.02 Å². The Hall–Kier alpha value is -0.0500. The van der Waals surface area contributed by atoms with E-state index in [4.69, 9.17) is 11.6 Å². The van der Waals surface area contributed by atoms with Gasteiger partial charge in [0.1, 0.15) is 5.75 Å². The summed E-state index contributed by atoms with van der Waals surface area (Å²) < 4.78 is 0. The molecule has 0 amide bonds. The molecule has 0 bridgehead atoms. The minimum atomic E-state index is 0.156. The molecule has 0 aliphatic carbocycles. The highest BCUT2D eigenvalue weighted by atomic mass is 127. The first-order valence-electron chi connectivity index (χ1n) is 4.47. The second-order valence-corrected chi connectivity index (χ2v) is 5.02. The molecule has 0 saturated carbocycles. The summed E-state index contributed by atoms with van der Waals surface area (Å²) in [4.78, 5) is 0. The smallest absolute Gasteiger partial charge is 0.134 e. The summed E-state index contributed by atoms with van der Waals surface area (Å²) in [7, 11) is 1.50. The summed E-state index contributed by atoms with van der Waals surface area (Å²) in [6.07, 6.45) is 2.68. The van der Waals surface area contributed by atoms with Crippen LogP contribution in [0.5, 0.6) is 5.75 Å². The average Bonchev–Trinajstić information content (AvgIpc) is 2.24. The SMILES string of the molecule is Oc1cccc(CCCC#CSI)c1Cl. The van der Waals surface area contributed by atoms with E-state index in [1.165, 1.54) is 8.93 Å². The van der Waals surface area contributed by atoms with Gasteiger partial charge in [-0.3, -0.25) is 0 Å². The highest BCUT2D eigenvalue weighted by molar-refractivity contribution is 14.2. The number of unbranched alkanes of at least 4 members (excludes halogenated alkanes) is 1. The summed E-state index contributed by atoms with van der Waals surface area (Å²) in [6, 6.07) is 5.34. The van der Waals surface area contributed by atoms with Gasteiger partial charge < -0.3 is 5.11 Å². The minimum absolute atomic E-state index is 0.156. The zero-order chi connectivity index (χ0) is 11.1. The molecule has 0 aliphatic rings. The standard InChI is InChI=1S/C11H10ClIOS/c12-11-9(6-4-7-10(11)14)5-2-1-3-8-15-13/h4,6-7,14H,1-2,5H2. The number of benzene rings is 1. The summed E-state index contributed by atoms with van der Waals surface area (Å²) in [5.41, 5.74) is 0.987. The van der Waals surface area contributed by atoms with Crippen molar-refractivity contribution in [3.63, 3.8) is 0 Å². The van der Waals surface area contributed by atoms with Gasteiger partial charge in [0, 0.05) is 27.6 Å². The molecule has 0 spiro atoms. The lowest BCUT2D eigenvalue weighted by atomic mass is 10.1. The number of hydrogen-bond donors (Lipinski definition) is 1. The van der Waals surface area contributed by atoms with E-state index in [0.717, 1.165) is 24.8 Å². The van der Waals surface area contributed by atoms with Crippen LogP contribution in [-0.4, -0.2) is 5.11 Å². The fourth-order valence-corrected chi connectivity index (χ4v) is 2.05. The van der Waals surface area contributed by atoms with E-state index in [-0.39, 0.29) is 5.75 Å². The molecule has 15 heavy (non-hydrogen) atoms. The van der Waals surface area contributed by atoms with E-state index < -0.39 is 0 Å². The molecule has 1 aromatic rings. The van der Waals surface area contributed by atoms with E-state index in [2.05, 4.69) is 32.4 Å². The topological polar surface area (TPSA) is 20.2 Å². The van der Waals surface area contributed by atoms with Crippen LogP contribution in [0.3, 0.4) is 0 Å². The van der Waals surface area contributed by atoms with Gasteiger partial charge in [-0.2, -0.15) is 0 Å². The maximum Gasteiger partial charge on any atom is 0.134 e. The molecule has 0 aromatic heterocycles. The van der Waals surface area contributed by atoms with Crippen LogP contribution in [0.4, 0.5) is 0 Å². The largest absolute Gasteiger partial charge is 0.506 e. The van der Waals surface area contributed by atoms with E-state index in [1.54, 1.807) is 6.07 Å². The van der Waals surface area contributed by atoms with Crippen molar-refractivity contribution in [2.45, 2.75) is 19.3 Å². The molecule has 1 aromatic carbocycles. The first-order chi connectivity index (χ1) is 7.25. The van der Waals surface area contributed by atoms with E-state index >= 15 is 0 Å². The Morgan fingerprint density at radius 2 is 2.27 bits per heavy atom. The highest BCUT2D eigenvalue weighted by Crippen LogP contribution is 2.27. The monoisotopic (exact) mass is 352 g/mol. The maximum atomic E-state index is 9.38. The van der Waals surface area contributed by atoms with Gasteiger partial charge in [-0.1, -0.05) is 29.7 Å². The van der Waals surface area contributed by atoms with Crippen molar-refractivity contribution in [1.29, 1.82) is 0 Å². The first kappa shape index (κ1) is 13.0. The molecular formula is C11H10ClIOS. The molecule has 0 heterocycles. The van der Waals surface area contributed by atoms with Crippen LogP contribution < -0.4 is 0 Å². The first-order valence-corrected chi connectivity index (χ1v) is 8.21. The molecule has 0 unspecified atom stereocenters. The predicted octanol–water partition coefficient (Wildman–Crippen LogP) is 4.41. The quantitative estimate of drug-likeness (QED) is 0.494. The average molecular weight is 353 g/mol. The van der Waals surface area contributed by atoms with E-state index in [1.807, 2.05) is 12.1 Å². The van der Waals surface area contributed by atoms with Gasteiger partial charge in [-0.25, -0.2) is 0 Å². The van der Waals surface area contributed by atoms with Gasteiger partial charge >= 0.3 is 0 Å². The summed E-state index contributed by atoms with van der Waals surface area (Å²) in [6.45, 7) is 0.